The van der Waals surface area contributed by atoms with Gasteiger partial charge in [0.15, 0.2) is 0 Å². The number of hydrogen-bond donors (Lipinski definition) is 0. The smallest absolute Gasteiger partial charge is 0.0479 e. The highest BCUT2D eigenvalue weighted by Gasteiger charge is 2.22. The summed E-state index contributed by atoms with van der Waals surface area (Å²) in [6, 6.07) is 0. The molecule has 0 aliphatic heterocycles. The van der Waals surface area contributed by atoms with Gasteiger partial charge in [0.2, 0.25) is 0 Å². The van der Waals surface area contributed by atoms with Crippen molar-refractivity contribution in [3.8, 4) is 0 Å². The summed E-state index contributed by atoms with van der Waals surface area (Å²) in [6.45, 7) is 8.28. The third kappa shape index (κ3) is 1.47. The van der Waals surface area contributed by atoms with Crippen molar-refractivity contribution in [1.82, 2.24) is 4.57 Å². The number of nitrogens with zero attached hydrogens (tertiary/aromatic N) is 1. The summed E-state index contributed by atoms with van der Waals surface area (Å²) in [7, 11) is 2.12. The van der Waals surface area contributed by atoms with Crippen molar-refractivity contribution in [3.05, 3.63) is 41.2 Å². The molecular weight excluding hydrogens is 194 g/mol. The third-order valence-corrected chi connectivity index (χ3v) is 3.35. The fourth-order valence-electron chi connectivity index (χ4n) is 2.58. The van der Waals surface area contributed by atoms with E-state index in [1.165, 1.54) is 22.5 Å². The van der Waals surface area contributed by atoms with E-state index in [9.17, 15) is 0 Å². The molecule has 1 unspecified atom stereocenters. The molecule has 0 aromatic carbocycles. The number of aromatic nitrogens is 1. The van der Waals surface area contributed by atoms with E-state index in [0.717, 1.165) is 6.42 Å². The number of hydrogen-bond acceptors (Lipinski definition) is 0. The van der Waals surface area contributed by atoms with Crippen molar-refractivity contribution in [2.75, 3.05) is 0 Å². The van der Waals surface area contributed by atoms with Crippen molar-refractivity contribution < 1.29 is 0 Å². The fourth-order valence-corrected chi connectivity index (χ4v) is 2.58. The Balaban J connectivity index is 2.75. The Hall–Kier alpha value is -1.50. The first-order chi connectivity index (χ1) is 7.70. The topological polar surface area (TPSA) is 4.93 Å². The van der Waals surface area contributed by atoms with Gasteiger partial charge in [-0.1, -0.05) is 31.7 Å². The maximum atomic E-state index is 3.92. The van der Waals surface area contributed by atoms with Crippen LogP contribution in [0.5, 0.6) is 0 Å². The van der Waals surface area contributed by atoms with Gasteiger partial charge >= 0.3 is 0 Å². The van der Waals surface area contributed by atoms with Crippen LogP contribution >= 0.6 is 0 Å². The van der Waals surface area contributed by atoms with E-state index in [1.807, 2.05) is 6.08 Å². The lowest BCUT2D eigenvalue weighted by atomic mass is 9.89. The van der Waals surface area contributed by atoms with Gasteiger partial charge in [0, 0.05) is 24.0 Å². The Bertz CT molecular complexity index is 472. The SMILES string of the molecule is C=Cc1c(/C=C\C)c2c(n1C)C=CCC2C. The number of fused-ring (bicyclic) bond motifs is 1. The standard InChI is InChI=1S/C15H19N/c1-5-8-12-13(6-2)16(4)14-10-7-9-11(3)15(12)14/h5-8,10-11H,2,9H2,1,3-4H3/b8-5-. The molecule has 0 saturated heterocycles. The second-order valence-electron chi connectivity index (χ2n) is 4.40. The van der Waals surface area contributed by atoms with Gasteiger partial charge in [-0.25, -0.2) is 0 Å². The summed E-state index contributed by atoms with van der Waals surface area (Å²) in [5, 5.41) is 0. The van der Waals surface area contributed by atoms with Crippen molar-refractivity contribution >= 4 is 18.2 Å². The van der Waals surface area contributed by atoms with Gasteiger partial charge in [-0.2, -0.15) is 0 Å². The highest BCUT2D eigenvalue weighted by atomic mass is 15.0. The van der Waals surface area contributed by atoms with Crippen LogP contribution in [0.15, 0.2) is 18.7 Å². The van der Waals surface area contributed by atoms with E-state index in [0.29, 0.717) is 5.92 Å². The van der Waals surface area contributed by atoms with E-state index < -0.39 is 0 Å². The van der Waals surface area contributed by atoms with Crippen LogP contribution in [0.3, 0.4) is 0 Å². The normalized spacial score (nSPS) is 19.1. The third-order valence-electron chi connectivity index (χ3n) is 3.35. The molecule has 0 N–H and O–H groups in total. The molecule has 0 fully saturated rings. The molecule has 0 amide bonds. The summed E-state index contributed by atoms with van der Waals surface area (Å²) < 4.78 is 2.24. The largest absolute Gasteiger partial charge is 0.344 e. The van der Waals surface area contributed by atoms with Crippen LogP contribution in [-0.2, 0) is 7.05 Å². The maximum Gasteiger partial charge on any atom is 0.0479 e. The zero-order chi connectivity index (χ0) is 11.7. The Labute approximate surface area is 97.8 Å². The fraction of sp³-hybridized carbons (Fsp3) is 0.333. The molecule has 1 aliphatic carbocycles. The van der Waals surface area contributed by atoms with E-state index in [4.69, 9.17) is 0 Å². The van der Waals surface area contributed by atoms with Crippen LogP contribution in [0, 0.1) is 0 Å². The summed E-state index contributed by atoms with van der Waals surface area (Å²) in [6.07, 6.45) is 11.9. The van der Waals surface area contributed by atoms with E-state index in [-0.39, 0.29) is 0 Å². The van der Waals surface area contributed by atoms with Crippen LogP contribution in [-0.4, -0.2) is 4.57 Å². The minimum atomic E-state index is 0.603. The molecule has 1 heteroatoms. The van der Waals surface area contributed by atoms with Gasteiger partial charge in [0.05, 0.1) is 0 Å². The first-order valence-corrected chi connectivity index (χ1v) is 5.85. The molecule has 1 atom stereocenters. The van der Waals surface area contributed by atoms with Crippen molar-refractivity contribution in [1.29, 1.82) is 0 Å². The zero-order valence-electron chi connectivity index (χ0n) is 10.3. The summed E-state index contributed by atoms with van der Waals surface area (Å²) >= 11 is 0. The van der Waals surface area contributed by atoms with Crippen LogP contribution < -0.4 is 0 Å². The monoisotopic (exact) mass is 213 g/mol. The molecular formula is C15H19N. The average molecular weight is 213 g/mol. The van der Waals surface area contributed by atoms with Gasteiger partial charge < -0.3 is 4.57 Å². The lowest BCUT2D eigenvalue weighted by Gasteiger charge is -2.15. The van der Waals surface area contributed by atoms with Gasteiger partial charge in [0.25, 0.3) is 0 Å². The van der Waals surface area contributed by atoms with Crippen LogP contribution in [0.2, 0.25) is 0 Å². The maximum absolute atomic E-state index is 3.92. The molecule has 1 heterocycles. The molecule has 1 aromatic heterocycles. The lowest BCUT2D eigenvalue weighted by Crippen LogP contribution is -2.01. The van der Waals surface area contributed by atoms with Gasteiger partial charge in [-0.15, -0.1) is 0 Å². The molecule has 0 radical (unpaired) electrons. The molecule has 1 aromatic rings. The first-order valence-electron chi connectivity index (χ1n) is 5.85. The van der Waals surface area contributed by atoms with E-state index in [2.05, 4.69) is 56.3 Å². The minimum Gasteiger partial charge on any atom is -0.344 e. The molecule has 1 aliphatic rings. The quantitative estimate of drug-likeness (QED) is 0.693. The predicted octanol–water partition coefficient (Wildman–Crippen LogP) is 4.22. The summed E-state index contributed by atoms with van der Waals surface area (Å²) in [4.78, 5) is 0. The first kappa shape index (κ1) is 11.0. The molecule has 16 heavy (non-hydrogen) atoms. The average Bonchev–Trinajstić information content (AvgIpc) is 2.54. The highest BCUT2D eigenvalue weighted by molar-refractivity contribution is 5.73. The van der Waals surface area contributed by atoms with Crippen LogP contribution in [0.4, 0.5) is 0 Å². The van der Waals surface area contributed by atoms with Gasteiger partial charge in [-0.3, -0.25) is 0 Å². The molecule has 84 valence electrons. The molecule has 1 nitrogen and oxygen atoms in total. The lowest BCUT2D eigenvalue weighted by molar-refractivity contribution is 0.759. The van der Waals surface area contributed by atoms with Gasteiger partial charge in [-0.05, 0) is 37.0 Å². The second-order valence-corrected chi connectivity index (χ2v) is 4.40. The van der Waals surface area contributed by atoms with Crippen molar-refractivity contribution in [2.24, 2.45) is 7.05 Å². The highest BCUT2D eigenvalue weighted by Crippen LogP contribution is 2.36. The van der Waals surface area contributed by atoms with Crippen molar-refractivity contribution in [2.45, 2.75) is 26.2 Å². The molecule has 0 spiro atoms. The predicted molar refractivity (Wildman–Crippen MR) is 72.3 cm³/mol. The van der Waals surface area contributed by atoms with E-state index >= 15 is 0 Å². The van der Waals surface area contributed by atoms with Crippen LogP contribution in [0.1, 0.15) is 48.7 Å². The van der Waals surface area contributed by atoms with Crippen LogP contribution in [0.25, 0.3) is 18.2 Å². The second kappa shape index (κ2) is 4.17. The van der Waals surface area contributed by atoms with E-state index in [1.54, 1.807) is 0 Å². The number of rotatable bonds is 2. The number of allylic oxidation sites excluding steroid dienone is 2. The van der Waals surface area contributed by atoms with Gasteiger partial charge in [0.1, 0.15) is 0 Å². The molecule has 0 saturated carbocycles. The zero-order valence-corrected chi connectivity index (χ0v) is 10.3. The Kier molecular flexibility index (Phi) is 2.86. The Morgan fingerprint density at radius 3 is 2.88 bits per heavy atom. The Morgan fingerprint density at radius 1 is 1.50 bits per heavy atom. The molecule has 2 rings (SSSR count). The minimum absolute atomic E-state index is 0.603. The summed E-state index contributed by atoms with van der Waals surface area (Å²) in [5.74, 6) is 0.603. The Morgan fingerprint density at radius 2 is 2.25 bits per heavy atom. The molecule has 0 bridgehead atoms. The van der Waals surface area contributed by atoms with Crippen molar-refractivity contribution in [3.63, 3.8) is 0 Å². The summed E-state index contributed by atoms with van der Waals surface area (Å²) in [5.41, 5.74) is 5.37.